The van der Waals surface area contributed by atoms with Gasteiger partial charge in [-0.1, -0.05) is 29.8 Å². The molecule has 7 nitrogen and oxygen atoms in total. The van der Waals surface area contributed by atoms with Crippen molar-refractivity contribution in [2.24, 2.45) is 11.7 Å². The predicted molar refractivity (Wildman–Crippen MR) is 112 cm³/mol. The Hall–Kier alpha value is -2.42. The first-order valence-corrected chi connectivity index (χ1v) is 11.2. The number of carbonyl (C=O) groups excluding carboxylic acids is 2. The van der Waals surface area contributed by atoms with E-state index in [1.165, 1.54) is 10.4 Å². The Morgan fingerprint density at radius 2 is 1.79 bits per heavy atom. The van der Waals surface area contributed by atoms with E-state index in [0.29, 0.717) is 34.7 Å². The second kappa shape index (κ2) is 8.94. The minimum absolute atomic E-state index is 0.121. The molecule has 3 rings (SSSR count). The van der Waals surface area contributed by atoms with Crippen LogP contribution < -0.4 is 11.1 Å². The zero-order chi connectivity index (χ0) is 21.0. The molecule has 1 aliphatic rings. The van der Waals surface area contributed by atoms with E-state index in [2.05, 4.69) is 5.32 Å². The van der Waals surface area contributed by atoms with E-state index in [0.717, 1.165) is 0 Å². The second-order valence-electron chi connectivity index (χ2n) is 6.99. The van der Waals surface area contributed by atoms with Gasteiger partial charge in [0, 0.05) is 35.3 Å². The maximum atomic E-state index is 12.7. The van der Waals surface area contributed by atoms with Crippen molar-refractivity contribution in [2.75, 3.05) is 18.4 Å². The van der Waals surface area contributed by atoms with Gasteiger partial charge in [-0.3, -0.25) is 9.59 Å². The van der Waals surface area contributed by atoms with Crippen molar-refractivity contribution in [3.63, 3.8) is 0 Å². The van der Waals surface area contributed by atoms with Crippen LogP contribution in [0.15, 0.2) is 48.5 Å². The van der Waals surface area contributed by atoms with Crippen LogP contribution >= 0.6 is 11.6 Å². The van der Waals surface area contributed by atoms with Gasteiger partial charge in [0.05, 0.1) is 5.75 Å². The summed E-state index contributed by atoms with van der Waals surface area (Å²) in [7, 11) is -3.48. The number of carbonyl (C=O) groups is 2. The summed E-state index contributed by atoms with van der Waals surface area (Å²) in [5.74, 6) is -1.19. The van der Waals surface area contributed by atoms with Gasteiger partial charge in [0.15, 0.2) is 0 Å². The molecule has 2 aromatic rings. The van der Waals surface area contributed by atoms with Crippen LogP contribution in [0.4, 0.5) is 5.69 Å². The molecule has 2 aromatic carbocycles. The predicted octanol–water partition coefficient (Wildman–Crippen LogP) is 2.62. The summed E-state index contributed by atoms with van der Waals surface area (Å²) in [5.41, 5.74) is 6.68. The second-order valence-corrected chi connectivity index (χ2v) is 9.40. The number of amides is 2. The van der Waals surface area contributed by atoms with Crippen LogP contribution in [0.25, 0.3) is 0 Å². The van der Waals surface area contributed by atoms with Crippen molar-refractivity contribution in [1.29, 1.82) is 0 Å². The first-order chi connectivity index (χ1) is 13.7. The fraction of sp³-hybridized carbons (Fsp3) is 0.300. The molecular formula is C20H22ClN3O4S. The fourth-order valence-corrected chi connectivity index (χ4v) is 5.08. The van der Waals surface area contributed by atoms with Crippen LogP contribution in [0, 0.1) is 5.92 Å². The van der Waals surface area contributed by atoms with Gasteiger partial charge >= 0.3 is 0 Å². The number of benzene rings is 2. The zero-order valence-corrected chi connectivity index (χ0v) is 17.2. The Morgan fingerprint density at radius 3 is 2.45 bits per heavy atom. The molecule has 1 saturated heterocycles. The number of primary amides is 1. The van der Waals surface area contributed by atoms with Crippen LogP contribution in [0.1, 0.15) is 28.8 Å². The third kappa shape index (κ3) is 5.56. The van der Waals surface area contributed by atoms with Crippen LogP contribution in [0.5, 0.6) is 0 Å². The van der Waals surface area contributed by atoms with Gasteiger partial charge in [0.1, 0.15) is 0 Å². The van der Waals surface area contributed by atoms with E-state index in [4.69, 9.17) is 17.3 Å². The zero-order valence-electron chi connectivity index (χ0n) is 15.7. The summed E-state index contributed by atoms with van der Waals surface area (Å²) in [4.78, 5) is 23.8. The number of piperidine rings is 1. The molecule has 0 bridgehead atoms. The molecule has 0 unspecified atom stereocenters. The average molecular weight is 436 g/mol. The molecule has 2 amide bonds. The number of rotatable bonds is 6. The highest BCUT2D eigenvalue weighted by atomic mass is 35.5. The Balaban J connectivity index is 1.57. The quantitative estimate of drug-likeness (QED) is 0.726. The lowest BCUT2D eigenvalue weighted by Gasteiger charge is -2.30. The van der Waals surface area contributed by atoms with Crippen molar-refractivity contribution in [3.05, 3.63) is 64.7 Å². The molecule has 1 aliphatic heterocycles. The van der Waals surface area contributed by atoms with Crippen LogP contribution in [-0.4, -0.2) is 37.6 Å². The average Bonchev–Trinajstić information content (AvgIpc) is 2.68. The largest absolute Gasteiger partial charge is 0.366 e. The molecule has 0 spiro atoms. The molecule has 29 heavy (non-hydrogen) atoms. The number of anilines is 1. The SMILES string of the molecule is NC(=O)c1cccc(NC(=O)C2CCN(S(=O)(=O)Cc3cccc(Cl)c3)CC2)c1. The lowest BCUT2D eigenvalue weighted by Crippen LogP contribution is -2.41. The summed E-state index contributed by atoms with van der Waals surface area (Å²) < 4.78 is 26.8. The summed E-state index contributed by atoms with van der Waals surface area (Å²) in [6.07, 6.45) is 0.853. The number of nitrogens with one attached hydrogen (secondary N) is 1. The fourth-order valence-electron chi connectivity index (χ4n) is 3.32. The normalized spacial score (nSPS) is 15.8. The molecule has 0 aliphatic carbocycles. The number of hydrogen-bond acceptors (Lipinski definition) is 4. The molecule has 0 aromatic heterocycles. The van der Waals surface area contributed by atoms with Gasteiger partial charge in [-0.25, -0.2) is 12.7 Å². The monoisotopic (exact) mass is 435 g/mol. The van der Waals surface area contributed by atoms with Crippen molar-refractivity contribution >= 4 is 39.1 Å². The number of hydrogen-bond donors (Lipinski definition) is 2. The summed E-state index contributed by atoms with van der Waals surface area (Å²) >= 11 is 5.93. The molecular weight excluding hydrogens is 414 g/mol. The summed E-state index contributed by atoms with van der Waals surface area (Å²) in [6, 6.07) is 13.2. The van der Waals surface area contributed by atoms with Gasteiger partial charge in [-0.15, -0.1) is 0 Å². The maximum absolute atomic E-state index is 12.7. The van der Waals surface area contributed by atoms with E-state index in [1.807, 2.05) is 0 Å². The molecule has 0 radical (unpaired) electrons. The number of sulfonamides is 1. The van der Waals surface area contributed by atoms with E-state index >= 15 is 0 Å². The summed E-state index contributed by atoms with van der Waals surface area (Å²) in [6.45, 7) is 0.560. The molecule has 1 heterocycles. The number of halogens is 1. The topological polar surface area (TPSA) is 110 Å². The minimum Gasteiger partial charge on any atom is -0.366 e. The van der Waals surface area contributed by atoms with Crippen molar-refractivity contribution < 1.29 is 18.0 Å². The molecule has 0 atom stereocenters. The van der Waals surface area contributed by atoms with E-state index in [-0.39, 0.29) is 30.7 Å². The van der Waals surface area contributed by atoms with Gasteiger partial charge in [-0.05, 0) is 48.7 Å². The van der Waals surface area contributed by atoms with Crippen LogP contribution in [0.3, 0.4) is 0 Å². The lowest BCUT2D eigenvalue weighted by atomic mass is 9.97. The van der Waals surface area contributed by atoms with Gasteiger partial charge < -0.3 is 11.1 Å². The van der Waals surface area contributed by atoms with E-state index in [1.54, 1.807) is 42.5 Å². The molecule has 0 saturated carbocycles. The molecule has 3 N–H and O–H groups in total. The smallest absolute Gasteiger partial charge is 0.248 e. The van der Waals surface area contributed by atoms with Gasteiger partial charge in [0.2, 0.25) is 21.8 Å². The maximum Gasteiger partial charge on any atom is 0.248 e. The third-order valence-corrected chi connectivity index (χ3v) is 6.96. The van der Waals surface area contributed by atoms with Crippen LogP contribution in [0.2, 0.25) is 5.02 Å². The number of nitrogens with zero attached hydrogens (tertiary/aromatic N) is 1. The Morgan fingerprint density at radius 1 is 1.10 bits per heavy atom. The van der Waals surface area contributed by atoms with Crippen molar-refractivity contribution in [3.8, 4) is 0 Å². The standard InChI is InChI=1S/C20H22ClN3O4S/c21-17-5-1-3-14(11-17)13-29(27,28)24-9-7-15(8-10-24)20(26)23-18-6-2-4-16(12-18)19(22)25/h1-6,11-12,15H,7-10,13H2,(H2,22,25)(H,23,26). The highest BCUT2D eigenvalue weighted by Gasteiger charge is 2.31. The molecule has 154 valence electrons. The Bertz CT molecular complexity index is 1020. The van der Waals surface area contributed by atoms with Gasteiger partial charge in [0.25, 0.3) is 0 Å². The van der Waals surface area contributed by atoms with E-state index in [9.17, 15) is 18.0 Å². The summed E-state index contributed by atoms with van der Waals surface area (Å²) in [5, 5.41) is 3.27. The minimum atomic E-state index is -3.48. The third-order valence-electron chi connectivity index (χ3n) is 4.87. The molecule has 1 fully saturated rings. The first kappa shape index (κ1) is 21.3. The van der Waals surface area contributed by atoms with Crippen LogP contribution in [-0.2, 0) is 20.6 Å². The van der Waals surface area contributed by atoms with Gasteiger partial charge in [-0.2, -0.15) is 0 Å². The highest BCUT2D eigenvalue weighted by Crippen LogP contribution is 2.24. The Labute approximate surface area is 174 Å². The van der Waals surface area contributed by atoms with E-state index < -0.39 is 15.9 Å². The highest BCUT2D eigenvalue weighted by molar-refractivity contribution is 7.88. The van der Waals surface area contributed by atoms with Crippen molar-refractivity contribution in [2.45, 2.75) is 18.6 Å². The lowest BCUT2D eigenvalue weighted by molar-refractivity contribution is -0.120. The Kier molecular flexibility index (Phi) is 6.56. The number of nitrogens with two attached hydrogens (primary N) is 1. The first-order valence-electron chi connectivity index (χ1n) is 9.17. The van der Waals surface area contributed by atoms with Crippen molar-refractivity contribution in [1.82, 2.24) is 4.31 Å². The molecule has 9 heteroatoms.